The Bertz CT molecular complexity index is 887. The van der Waals surface area contributed by atoms with E-state index >= 15 is 0 Å². The maximum Gasteiger partial charge on any atom is 0.338 e. The number of aliphatic carboxylic acids is 1. The number of methoxy groups -OCH3 is 2. The predicted octanol–water partition coefficient (Wildman–Crippen LogP) is 4.21. The van der Waals surface area contributed by atoms with Crippen LogP contribution in [0.3, 0.4) is 0 Å². The predicted molar refractivity (Wildman–Crippen MR) is 109 cm³/mol. The number of carboxylic acid groups (broad SMARTS) is 1. The van der Waals surface area contributed by atoms with Gasteiger partial charge in [-0.2, -0.15) is 0 Å². The summed E-state index contributed by atoms with van der Waals surface area (Å²) in [4.78, 5) is 41.4. The Kier molecular flexibility index (Phi) is 11.3. The van der Waals surface area contributed by atoms with Crippen molar-refractivity contribution in [2.45, 2.75) is 20.8 Å². The van der Waals surface area contributed by atoms with Gasteiger partial charge in [-0.1, -0.05) is 13.8 Å². The third-order valence-corrected chi connectivity index (χ3v) is 3.14. The molecular weight excluding hydrogens is 416 g/mol. The summed E-state index contributed by atoms with van der Waals surface area (Å²) in [5.41, 5.74) is -1.79. The lowest BCUT2D eigenvalue weighted by atomic mass is 10.1. The van der Waals surface area contributed by atoms with Crippen molar-refractivity contribution >= 4 is 23.3 Å². The molecule has 0 unspecified atom stereocenters. The van der Waals surface area contributed by atoms with Crippen molar-refractivity contribution in [2.75, 3.05) is 14.2 Å². The second kappa shape index (κ2) is 13.1. The highest BCUT2D eigenvalue weighted by molar-refractivity contribution is 5.92. The number of carbonyl (C=O) groups is 2. The van der Waals surface area contributed by atoms with E-state index in [4.69, 9.17) is 19.4 Å². The second-order valence-electron chi connectivity index (χ2n) is 5.15. The molecule has 12 heteroatoms. The summed E-state index contributed by atoms with van der Waals surface area (Å²) in [7, 11) is 2.51. The first kappa shape index (κ1) is 26.8. The molecule has 0 fully saturated rings. The lowest BCUT2D eigenvalue weighted by Gasteiger charge is -2.09. The molecule has 0 saturated heterocycles. The number of hydrogen-bond donors (Lipinski definition) is 1. The Balaban J connectivity index is 0.00000134. The summed E-state index contributed by atoms with van der Waals surface area (Å²) in [6, 6.07) is 7.63. The second-order valence-corrected chi connectivity index (χ2v) is 5.15. The van der Waals surface area contributed by atoms with Gasteiger partial charge in [0.1, 0.15) is 11.5 Å². The average molecular weight is 438 g/mol. The van der Waals surface area contributed by atoms with Crippen LogP contribution in [0.1, 0.15) is 31.1 Å². The van der Waals surface area contributed by atoms with E-state index in [-0.39, 0.29) is 11.3 Å². The number of benzene rings is 2. The molecule has 0 atom stereocenters. The first-order valence-corrected chi connectivity index (χ1v) is 8.67. The van der Waals surface area contributed by atoms with Crippen molar-refractivity contribution in [1.29, 1.82) is 0 Å². The van der Waals surface area contributed by atoms with E-state index in [0.717, 1.165) is 26.2 Å². The van der Waals surface area contributed by atoms with Crippen molar-refractivity contribution in [3.8, 4) is 17.2 Å². The van der Waals surface area contributed by atoms with E-state index in [1.54, 1.807) is 0 Å². The minimum absolute atomic E-state index is 0.123. The molecule has 0 spiro atoms. The number of ether oxygens (including phenoxy) is 3. The molecule has 0 heterocycles. The standard InChI is InChI=1S/C15H12N2O8.C2H4O2.C2H6/c1-23-10-3-5-11(6-4-10)25-14-12(16(19)20)7-9(15(18)24-2)8-13(14)17(21)22;1-2(3)4;1-2/h3-8H,1-2H3;1H3,(H,3,4);1-2H3. The molecule has 0 saturated carbocycles. The first-order valence-electron chi connectivity index (χ1n) is 8.67. The number of hydrogen-bond acceptors (Lipinski definition) is 9. The monoisotopic (exact) mass is 438 g/mol. The number of nitro benzene ring substituents is 2. The lowest BCUT2D eigenvalue weighted by molar-refractivity contribution is -0.395. The number of nitro groups is 2. The van der Waals surface area contributed by atoms with E-state index in [2.05, 4.69) is 4.74 Å². The molecule has 0 aromatic heterocycles. The normalized spacial score (nSPS) is 9.06. The molecule has 2 rings (SSSR count). The number of esters is 1. The molecular formula is C19H22N2O10. The van der Waals surface area contributed by atoms with Gasteiger partial charge in [-0.15, -0.1) is 0 Å². The Morgan fingerprint density at radius 1 is 0.903 bits per heavy atom. The van der Waals surface area contributed by atoms with E-state index in [1.165, 1.54) is 31.4 Å². The van der Waals surface area contributed by atoms with E-state index < -0.39 is 38.9 Å². The quantitative estimate of drug-likeness (QED) is 0.391. The number of nitrogens with zero attached hydrogens (tertiary/aromatic N) is 2. The molecule has 168 valence electrons. The molecule has 0 radical (unpaired) electrons. The van der Waals surface area contributed by atoms with Crippen LogP contribution < -0.4 is 9.47 Å². The van der Waals surface area contributed by atoms with Crippen LogP contribution in [-0.4, -0.2) is 41.1 Å². The van der Waals surface area contributed by atoms with Crippen molar-refractivity contribution in [3.05, 3.63) is 62.2 Å². The largest absolute Gasteiger partial charge is 0.497 e. The topological polar surface area (TPSA) is 168 Å². The van der Waals surface area contributed by atoms with Gasteiger partial charge in [0.25, 0.3) is 11.7 Å². The summed E-state index contributed by atoms with van der Waals surface area (Å²) in [5.74, 6) is -1.73. The van der Waals surface area contributed by atoms with E-state index in [0.29, 0.717) is 5.75 Å². The van der Waals surface area contributed by atoms with Crippen LogP contribution in [-0.2, 0) is 9.53 Å². The maximum atomic E-state index is 11.6. The van der Waals surface area contributed by atoms with Crippen molar-refractivity contribution in [2.24, 2.45) is 0 Å². The van der Waals surface area contributed by atoms with Crippen LogP contribution in [0.25, 0.3) is 0 Å². The number of rotatable bonds is 6. The highest BCUT2D eigenvalue weighted by Gasteiger charge is 2.31. The smallest absolute Gasteiger partial charge is 0.338 e. The SMILES string of the molecule is CC.CC(=O)O.COC(=O)c1cc([N+](=O)[O-])c(Oc2ccc(OC)cc2)c([N+](=O)[O-])c1. The summed E-state index contributed by atoms with van der Waals surface area (Å²) in [5, 5.41) is 30.0. The zero-order valence-electron chi connectivity index (χ0n) is 17.5. The third-order valence-electron chi connectivity index (χ3n) is 3.14. The fourth-order valence-electron chi connectivity index (χ4n) is 1.97. The third kappa shape index (κ3) is 8.35. The molecule has 0 aliphatic rings. The van der Waals surface area contributed by atoms with E-state index in [9.17, 15) is 25.0 Å². The van der Waals surface area contributed by atoms with Gasteiger partial charge in [0.05, 0.1) is 29.6 Å². The van der Waals surface area contributed by atoms with Gasteiger partial charge in [0.2, 0.25) is 0 Å². The molecule has 12 nitrogen and oxygen atoms in total. The molecule has 0 amide bonds. The Hall–Kier alpha value is -4.22. The molecule has 31 heavy (non-hydrogen) atoms. The average Bonchev–Trinajstić information content (AvgIpc) is 2.74. The van der Waals surface area contributed by atoms with Crippen LogP contribution >= 0.6 is 0 Å². The highest BCUT2D eigenvalue weighted by atomic mass is 16.6. The molecule has 1 N–H and O–H groups in total. The van der Waals surface area contributed by atoms with Crippen LogP contribution in [0.5, 0.6) is 17.2 Å². The zero-order chi connectivity index (χ0) is 24.1. The number of carboxylic acids is 1. The Morgan fingerprint density at radius 2 is 1.29 bits per heavy atom. The van der Waals surface area contributed by atoms with Crippen molar-refractivity contribution in [1.82, 2.24) is 0 Å². The Labute approximate surface area is 177 Å². The minimum atomic E-state index is -0.942. The molecule has 0 bridgehead atoms. The van der Waals surface area contributed by atoms with Gasteiger partial charge < -0.3 is 19.3 Å². The maximum absolute atomic E-state index is 11.6. The summed E-state index contributed by atoms with van der Waals surface area (Å²) in [6.45, 7) is 5.08. The fraction of sp³-hybridized carbons (Fsp3) is 0.263. The van der Waals surface area contributed by atoms with Gasteiger partial charge in [-0.25, -0.2) is 4.79 Å². The van der Waals surface area contributed by atoms with Gasteiger partial charge in [0, 0.05) is 19.1 Å². The van der Waals surface area contributed by atoms with Crippen LogP contribution in [0, 0.1) is 20.2 Å². The number of carbonyl (C=O) groups excluding carboxylic acids is 1. The lowest BCUT2D eigenvalue weighted by Crippen LogP contribution is -2.06. The molecule has 2 aromatic carbocycles. The van der Waals surface area contributed by atoms with Crippen LogP contribution in [0.4, 0.5) is 11.4 Å². The summed E-state index contributed by atoms with van der Waals surface area (Å²) >= 11 is 0. The first-order chi connectivity index (χ1) is 14.6. The van der Waals surface area contributed by atoms with Crippen molar-refractivity contribution in [3.63, 3.8) is 0 Å². The van der Waals surface area contributed by atoms with Gasteiger partial charge >= 0.3 is 17.3 Å². The van der Waals surface area contributed by atoms with Gasteiger partial charge in [0.15, 0.2) is 0 Å². The Morgan fingerprint density at radius 3 is 1.61 bits per heavy atom. The summed E-state index contributed by atoms with van der Waals surface area (Å²) < 4.78 is 14.8. The van der Waals surface area contributed by atoms with Crippen molar-refractivity contribution < 1.29 is 38.8 Å². The zero-order valence-corrected chi connectivity index (χ0v) is 17.5. The molecule has 0 aliphatic heterocycles. The minimum Gasteiger partial charge on any atom is -0.497 e. The molecule has 0 aliphatic carbocycles. The van der Waals surface area contributed by atoms with Gasteiger partial charge in [-0.3, -0.25) is 25.0 Å². The fourth-order valence-corrected chi connectivity index (χ4v) is 1.97. The van der Waals surface area contributed by atoms with Gasteiger partial charge in [-0.05, 0) is 24.3 Å². The van der Waals surface area contributed by atoms with E-state index in [1.807, 2.05) is 13.8 Å². The summed E-state index contributed by atoms with van der Waals surface area (Å²) in [6.07, 6.45) is 0. The van der Waals surface area contributed by atoms with Crippen LogP contribution in [0.2, 0.25) is 0 Å². The molecule has 2 aromatic rings. The highest BCUT2D eigenvalue weighted by Crippen LogP contribution is 2.41. The van der Waals surface area contributed by atoms with Crippen LogP contribution in [0.15, 0.2) is 36.4 Å².